The van der Waals surface area contributed by atoms with E-state index in [1.807, 2.05) is 0 Å². The van der Waals surface area contributed by atoms with Gasteiger partial charge in [-0.15, -0.1) is 0 Å². The Morgan fingerprint density at radius 2 is 1.67 bits per heavy atom. The molecule has 24 heavy (non-hydrogen) atoms. The van der Waals surface area contributed by atoms with E-state index in [2.05, 4.69) is 28.3 Å². The first-order valence-electron chi connectivity index (χ1n) is 8.09. The molecular formula is C19H21F2NO2. The summed E-state index contributed by atoms with van der Waals surface area (Å²) in [5, 5.41) is 3.38. The predicted molar refractivity (Wildman–Crippen MR) is 88.6 cm³/mol. The van der Waals surface area contributed by atoms with E-state index in [0.29, 0.717) is 12.3 Å². The van der Waals surface area contributed by atoms with Crippen LogP contribution in [0.2, 0.25) is 0 Å². The average molecular weight is 333 g/mol. The largest absolute Gasteiger partial charge is 0.493 e. The van der Waals surface area contributed by atoms with E-state index >= 15 is 0 Å². The van der Waals surface area contributed by atoms with E-state index in [1.54, 1.807) is 12.1 Å². The van der Waals surface area contributed by atoms with Crippen molar-refractivity contribution in [2.75, 3.05) is 7.11 Å². The summed E-state index contributed by atoms with van der Waals surface area (Å²) in [6, 6.07) is 11.6. The Morgan fingerprint density at radius 3 is 2.42 bits per heavy atom. The molecule has 0 fully saturated rings. The van der Waals surface area contributed by atoms with Gasteiger partial charge in [-0.25, -0.2) is 0 Å². The van der Waals surface area contributed by atoms with Crippen LogP contribution in [0.15, 0.2) is 36.4 Å². The molecule has 0 aliphatic heterocycles. The quantitative estimate of drug-likeness (QED) is 0.828. The highest BCUT2D eigenvalue weighted by Gasteiger charge is 2.12. The molecule has 0 amide bonds. The summed E-state index contributed by atoms with van der Waals surface area (Å²) in [6.07, 6.45) is 3.61. The SMILES string of the molecule is COc1cc(CNCc2ccc3c(c2)CCC3)ccc1OC(F)F. The molecule has 3 rings (SSSR count). The van der Waals surface area contributed by atoms with Crippen LogP contribution in [-0.2, 0) is 25.9 Å². The monoisotopic (exact) mass is 333 g/mol. The third-order valence-corrected chi connectivity index (χ3v) is 4.27. The van der Waals surface area contributed by atoms with Crippen LogP contribution in [0.25, 0.3) is 0 Å². The zero-order valence-electron chi connectivity index (χ0n) is 13.6. The minimum absolute atomic E-state index is 0.0508. The Labute approximate surface area is 140 Å². The molecule has 2 aromatic carbocycles. The van der Waals surface area contributed by atoms with Crippen molar-refractivity contribution in [3.8, 4) is 11.5 Å². The topological polar surface area (TPSA) is 30.5 Å². The van der Waals surface area contributed by atoms with Gasteiger partial charge in [0.2, 0.25) is 0 Å². The van der Waals surface area contributed by atoms with E-state index in [0.717, 1.165) is 12.1 Å². The number of methoxy groups -OCH3 is 1. The van der Waals surface area contributed by atoms with E-state index < -0.39 is 6.61 Å². The lowest BCUT2D eigenvalue weighted by atomic mass is 10.1. The molecule has 0 saturated carbocycles. The fourth-order valence-corrected chi connectivity index (χ4v) is 3.10. The molecule has 0 spiro atoms. The van der Waals surface area contributed by atoms with Gasteiger partial charge in [0, 0.05) is 13.1 Å². The standard InChI is InChI=1S/C19H21F2NO2/c1-23-18-10-14(6-8-17(18)24-19(20)21)12-22-11-13-5-7-15-3-2-4-16(15)9-13/h5-10,19,22H,2-4,11-12H2,1H3. The molecule has 0 radical (unpaired) electrons. The molecule has 128 valence electrons. The molecule has 1 N–H and O–H groups in total. The van der Waals surface area contributed by atoms with Gasteiger partial charge >= 0.3 is 6.61 Å². The number of aryl methyl sites for hydroxylation is 2. The number of rotatable bonds is 7. The van der Waals surface area contributed by atoms with Gasteiger partial charge in [-0.1, -0.05) is 24.3 Å². The summed E-state index contributed by atoms with van der Waals surface area (Å²) in [6.45, 7) is -1.46. The highest BCUT2D eigenvalue weighted by molar-refractivity contribution is 5.43. The molecule has 5 heteroatoms. The normalized spacial score (nSPS) is 13.2. The second kappa shape index (κ2) is 7.62. The highest BCUT2D eigenvalue weighted by Crippen LogP contribution is 2.29. The lowest BCUT2D eigenvalue weighted by Gasteiger charge is -2.12. The fraction of sp³-hybridized carbons (Fsp3) is 0.368. The number of hydrogen-bond acceptors (Lipinski definition) is 3. The van der Waals surface area contributed by atoms with Crippen molar-refractivity contribution in [2.45, 2.75) is 39.0 Å². The summed E-state index contributed by atoms with van der Waals surface area (Å²) in [5.41, 5.74) is 5.15. The molecule has 0 saturated heterocycles. The van der Waals surface area contributed by atoms with Crippen molar-refractivity contribution >= 4 is 0 Å². The number of benzene rings is 2. The number of hydrogen-bond donors (Lipinski definition) is 1. The van der Waals surface area contributed by atoms with Crippen LogP contribution in [0, 0.1) is 0 Å². The van der Waals surface area contributed by atoms with Gasteiger partial charge < -0.3 is 14.8 Å². The zero-order chi connectivity index (χ0) is 16.9. The summed E-state index contributed by atoms with van der Waals surface area (Å²) >= 11 is 0. The predicted octanol–water partition coefficient (Wildman–Crippen LogP) is 4.08. The number of nitrogens with one attached hydrogen (secondary N) is 1. The highest BCUT2D eigenvalue weighted by atomic mass is 19.3. The fourth-order valence-electron chi connectivity index (χ4n) is 3.10. The Balaban J connectivity index is 1.58. The summed E-state index contributed by atoms with van der Waals surface area (Å²) < 4.78 is 34.2. The van der Waals surface area contributed by atoms with Gasteiger partial charge in [-0.05, 0) is 53.6 Å². The average Bonchev–Trinajstić information content (AvgIpc) is 3.03. The van der Waals surface area contributed by atoms with Crippen molar-refractivity contribution in [3.05, 3.63) is 58.7 Å². The van der Waals surface area contributed by atoms with Crippen molar-refractivity contribution in [3.63, 3.8) is 0 Å². The van der Waals surface area contributed by atoms with Crippen molar-refractivity contribution in [1.29, 1.82) is 0 Å². The smallest absolute Gasteiger partial charge is 0.387 e. The van der Waals surface area contributed by atoms with Gasteiger partial charge in [0.15, 0.2) is 11.5 Å². The summed E-state index contributed by atoms with van der Waals surface area (Å²) in [5.74, 6) is 0.363. The van der Waals surface area contributed by atoms with Crippen molar-refractivity contribution in [2.24, 2.45) is 0 Å². The summed E-state index contributed by atoms with van der Waals surface area (Å²) in [7, 11) is 1.44. The van der Waals surface area contributed by atoms with E-state index in [-0.39, 0.29) is 5.75 Å². The Bertz CT molecular complexity index is 704. The van der Waals surface area contributed by atoms with Gasteiger partial charge in [0.05, 0.1) is 7.11 Å². The molecule has 0 heterocycles. The van der Waals surface area contributed by atoms with Crippen molar-refractivity contribution in [1.82, 2.24) is 5.32 Å². The van der Waals surface area contributed by atoms with E-state index in [9.17, 15) is 8.78 Å². The van der Waals surface area contributed by atoms with Crippen LogP contribution < -0.4 is 14.8 Å². The van der Waals surface area contributed by atoms with Gasteiger partial charge in [-0.2, -0.15) is 8.78 Å². The van der Waals surface area contributed by atoms with Crippen LogP contribution in [0.3, 0.4) is 0 Å². The maximum Gasteiger partial charge on any atom is 0.387 e. The maximum atomic E-state index is 12.3. The van der Waals surface area contributed by atoms with E-state index in [1.165, 1.54) is 49.1 Å². The van der Waals surface area contributed by atoms with Crippen LogP contribution in [0.4, 0.5) is 8.78 Å². The number of ether oxygens (including phenoxy) is 2. The van der Waals surface area contributed by atoms with Crippen LogP contribution in [-0.4, -0.2) is 13.7 Å². The minimum Gasteiger partial charge on any atom is -0.493 e. The molecule has 2 aromatic rings. The third kappa shape index (κ3) is 4.03. The third-order valence-electron chi connectivity index (χ3n) is 4.27. The first-order valence-corrected chi connectivity index (χ1v) is 8.09. The molecular weight excluding hydrogens is 312 g/mol. The van der Waals surface area contributed by atoms with Crippen LogP contribution in [0.5, 0.6) is 11.5 Å². The van der Waals surface area contributed by atoms with Crippen LogP contribution in [0.1, 0.15) is 28.7 Å². The first kappa shape index (κ1) is 16.7. The number of alkyl halides is 2. The van der Waals surface area contributed by atoms with Gasteiger partial charge in [-0.3, -0.25) is 0 Å². The molecule has 0 aromatic heterocycles. The lowest BCUT2D eigenvalue weighted by Crippen LogP contribution is -2.13. The number of fused-ring (bicyclic) bond motifs is 1. The molecule has 1 aliphatic rings. The second-order valence-electron chi connectivity index (χ2n) is 5.92. The van der Waals surface area contributed by atoms with Crippen molar-refractivity contribution < 1.29 is 18.3 Å². The maximum absolute atomic E-state index is 12.3. The lowest BCUT2D eigenvalue weighted by molar-refractivity contribution is -0.0512. The molecule has 0 atom stereocenters. The molecule has 1 aliphatic carbocycles. The van der Waals surface area contributed by atoms with Crippen LogP contribution >= 0.6 is 0 Å². The Morgan fingerprint density at radius 1 is 0.958 bits per heavy atom. The molecule has 0 bridgehead atoms. The number of halogens is 2. The summed E-state index contributed by atoms with van der Waals surface area (Å²) in [4.78, 5) is 0. The second-order valence-corrected chi connectivity index (χ2v) is 5.92. The van der Waals surface area contributed by atoms with Gasteiger partial charge in [0.25, 0.3) is 0 Å². The zero-order valence-corrected chi connectivity index (χ0v) is 13.6. The molecule has 3 nitrogen and oxygen atoms in total. The van der Waals surface area contributed by atoms with E-state index in [4.69, 9.17) is 4.74 Å². The Hall–Kier alpha value is -2.14. The first-order chi connectivity index (χ1) is 11.7. The molecule has 0 unspecified atom stereocenters. The Kier molecular flexibility index (Phi) is 5.30. The van der Waals surface area contributed by atoms with Gasteiger partial charge in [0.1, 0.15) is 0 Å². The minimum atomic E-state index is -2.86.